The highest BCUT2D eigenvalue weighted by Crippen LogP contribution is 2.38. The predicted molar refractivity (Wildman–Crippen MR) is 82.6 cm³/mol. The topological polar surface area (TPSA) is 15.3 Å². The Hall–Kier alpha value is -0.380. The van der Waals surface area contributed by atoms with Crippen molar-refractivity contribution >= 4 is 11.3 Å². The predicted octanol–water partition coefficient (Wildman–Crippen LogP) is 3.54. The highest BCUT2D eigenvalue weighted by Gasteiger charge is 2.37. The molecule has 2 atom stereocenters. The van der Waals surface area contributed by atoms with E-state index in [0.717, 1.165) is 25.0 Å². The molecule has 1 aromatic rings. The molecule has 1 aliphatic heterocycles. The van der Waals surface area contributed by atoms with E-state index < -0.39 is 0 Å². The standard InChI is InChI=1S/C16H26N2S/c1-3-6-17-9-16-8-14(12(2)19-16)11-18-10-13-4-5-15(18)7-13/h8,13,15,17H,3-7,9-11H2,1-2H3. The molecule has 1 aromatic heterocycles. The summed E-state index contributed by atoms with van der Waals surface area (Å²) in [4.78, 5) is 5.76. The number of hydrogen-bond donors (Lipinski definition) is 1. The third-order valence-electron chi connectivity index (χ3n) is 4.69. The lowest BCUT2D eigenvalue weighted by Gasteiger charge is -2.26. The number of rotatable bonds is 6. The van der Waals surface area contributed by atoms with Crippen molar-refractivity contribution < 1.29 is 0 Å². The monoisotopic (exact) mass is 278 g/mol. The van der Waals surface area contributed by atoms with Crippen LogP contribution in [0.1, 0.15) is 47.9 Å². The van der Waals surface area contributed by atoms with Crippen molar-refractivity contribution in [1.82, 2.24) is 10.2 Å². The number of nitrogens with one attached hydrogen (secondary N) is 1. The van der Waals surface area contributed by atoms with Gasteiger partial charge >= 0.3 is 0 Å². The van der Waals surface area contributed by atoms with Gasteiger partial charge in [0.25, 0.3) is 0 Å². The zero-order chi connectivity index (χ0) is 13.2. The Morgan fingerprint density at radius 2 is 2.32 bits per heavy atom. The van der Waals surface area contributed by atoms with Crippen LogP contribution in [-0.4, -0.2) is 24.0 Å². The van der Waals surface area contributed by atoms with Gasteiger partial charge in [0.1, 0.15) is 0 Å². The minimum Gasteiger partial charge on any atom is -0.312 e. The zero-order valence-corrected chi connectivity index (χ0v) is 13.1. The summed E-state index contributed by atoms with van der Waals surface area (Å²) in [6, 6.07) is 3.33. The van der Waals surface area contributed by atoms with E-state index >= 15 is 0 Å². The largest absolute Gasteiger partial charge is 0.312 e. The first-order chi connectivity index (χ1) is 9.26. The lowest BCUT2D eigenvalue weighted by atomic mass is 10.1. The summed E-state index contributed by atoms with van der Waals surface area (Å²) in [5, 5.41) is 3.51. The van der Waals surface area contributed by atoms with Crippen LogP contribution in [-0.2, 0) is 13.1 Å². The van der Waals surface area contributed by atoms with Gasteiger partial charge in [0.05, 0.1) is 0 Å². The molecule has 3 rings (SSSR count). The molecule has 2 bridgehead atoms. The summed E-state index contributed by atoms with van der Waals surface area (Å²) in [6.07, 6.45) is 5.61. The van der Waals surface area contributed by atoms with Gasteiger partial charge in [-0.2, -0.15) is 0 Å². The molecule has 2 heterocycles. The molecule has 0 amide bonds. The van der Waals surface area contributed by atoms with Crippen LogP contribution in [0.4, 0.5) is 0 Å². The molecule has 2 aliphatic rings. The average molecular weight is 278 g/mol. The van der Waals surface area contributed by atoms with Gasteiger partial charge in [0.2, 0.25) is 0 Å². The Labute approximate surface area is 121 Å². The first-order valence-electron chi connectivity index (χ1n) is 7.79. The number of piperidine rings is 1. The van der Waals surface area contributed by atoms with Crippen molar-refractivity contribution in [3.05, 3.63) is 21.4 Å². The van der Waals surface area contributed by atoms with Gasteiger partial charge < -0.3 is 5.32 Å². The SMILES string of the molecule is CCCNCc1cc(CN2CC3CCC2C3)c(C)s1. The van der Waals surface area contributed by atoms with E-state index in [2.05, 4.69) is 30.1 Å². The molecule has 2 fully saturated rings. The van der Waals surface area contributed by atoms with Crippen LogP contribution < -0.4 is 5.32 Å². The number of aryl methyl sites for hydroxylation is 1. The summed E-state index contributed by atoms with van der Waals surface area (Å²) >= 11 is 1.98. The second kappa shape index (κ2) is 5.94. The minimum absolute atomic E-state index is 0.894. The minimum atomic E-state index is 0.894. The van der Waals surface area contributed by atoms with Crippen LogP contribution in [0, 0.1) is 12.8 Å². The van der Waals surface area contributed by atoms with Crippen LogP contribution in [0.2, 0.25) is 0 Å². The van der Waals surface area contributed by atoms with Gasteiger partial charge in [-0.15, -0.1) is 11.3 Å². The normalized spacial score (nSPS) is 26.4. The number of thiophene rings is 1. The van der Waals surface area contributed by atoms with Crippen molar-refractivity contribution in [3.8, 4) is 0 Å². The van der Waals surface area contributed by atoms with E-state index in [0.29, 0.717) is 0 Å². The van der Waals surface area contributed by atoms with Crippen molar-refractivity contribution in [2.45, 2.75) is 58.7 Å². The van der Waals surface area contributed by atoms with Crippen LogP contribution >= 0.6 is 11.3 Å². The quantitative estimate of drug-likeness (QED) is 0.801. The third kappa shape index (κ3) is 3.04. The molecule has 0 radical (unpaired) electrons. The Kier molecular flexibility index (Phi) is 4.25. The Morgan fingerprint density at radius 1 is 1.42 bits per heavy atom. The van der Waals surface area contributed by atoms with Crippen molar-refractivity contribution in [2.75, 3.05) is 13.1 Å². The molecule has 1 aliphatic carbocycles. The third-order valence-corrected chi connectivity index (χ3v) is 5.79. The summed E-state index contributed by atoms with van der Waals surface area (Å²) in [7, 11) is 0. The van der Waals surface area contributed by atoms with Crippen molar-refractivity contribution in [2.24, 2.45) is 5.92 Å². The summed E-state index contributed by atoms with van der Waals surface area (Å²) in [5.74, 6) is 1.01. The molecular weight excluding hydrogens is 252 g/mol. The van der Waals surface area contributed by atoms with Crippen LogP contribution in [0.25, 0.3) is 0 Å². The van der Waals surface area contributed by atoms with Gasteiger partial charge in [-0.3, -0.25) is 4.90 Å². The van der Waals surface area contributed by atoms with Gasteiger partial charge in [-0.25, -0.2) is 0 Å². The van der Waals surface area contributed by atoms with E-state index in [1.807, 2.05) is 11.3 Å². The second-order valence-electron chi connectivity index (χ2n) is 6.23. The van der Waals surface area contributed by atoms with Crippen LogP contribution in [0.15, 0.2) is 6.07 Å². The molecule has 2 unspecified atom stereocenters. The summed E-state index contributed by atoms with van der Waals surface area (Å²) < 4.78 is 0. The molecular formula is C16H26N2S. The van der Waals surface area contributed by atoms with E-state index in [9.17, 15) is 0 Å². The summed E-state index contributed by atoms with van der Waals surface area (Å²) in [6.45, 7) is 9.23. The molecule has 1 saturated heterocycles. The Morgan fingerprint density at radius 3 is 3.00 bits per heavy atom. The maximum atomic E-state index is 3.51. The number of hydrogen-bond acceptors (Lipinski definition) is 3. The molecule has 19 heavy (non-hydrogen) atoms. The Balaban J connectivity index is 1.58. The Bertz CT molecular complexity index is 426. The van der Waals surface area contributed by atoms with E-state index in [1.165, 1.54) is 48.5 Å². The van der Waals surface area contributed by atoms with Crippen molar-refractivity contribution in [3.63, 3.8) is 0 Å². The summed E-state index contributed by atoms with van der Waals surface area (Å²) in [5.41, 5.74) is 1.57. The molecule has 0 aromatic carbocycles. The van der Waals surface area contributed by atoms with Gasteiger partial charge in [-0.1, -0.05) is 6.92 Å². The number of likely N-dealkylation sites (tertiary alicyclic amines) is 1. The first-order valence-corrected chi connectivity index (χ1v) is 8.61. The number of nitrogens with zero attached hydrogens (tertiary/aromatic N) is 1. The average Bonchev–Trinajstić information content (AvgIpc) is 3.07. The fraction of sp³-hybridized carbons (Fsp3) is 0.750. The molecule has 1 saturated carbocycles. The lowest BCUT2D eigenvalue weighted by Crippen LogP contribution is -2.31. The fourth-order valence-corrected chi connectivity index (χ4v) is 4.68. The highest BCUT2D eigenvalue weighted by atomic mass is 32.1. The van der Waals surface area contributed by atoms with E-state index in [1.54, 1.807) is 5.56 Å². The maximum Gasteiger partial charge on any atom is 0.0299 e. The second-order valence-corrected chi connectivity index (χ2v) is 7.57. The lowest BCUT2D eigenvalue weighted by molar-refractivity contribution is 0.205. The number of fused-ring (bicyclic) bond motifs is 2. The van der Waals surface area contributed by atoms with Gasteiger partial charge in [0, 0.05) is 35.4 Å². The molecule has 3 heteroatoms. The zero-order valence-electron chi connectivity index (χ0n) is 12.2. The van der Waals surface area contributed by atoms with E-state index in [-0.39, 0.29) is 0 Å². The molecule has 106 valence electrons. The molecule has 0 spiro atoms. The van der Waals surface area contributed by atoms with Crippen molar-refractivity contribution in [1.29, 1.82) is 0 Å². The first kappa shape index (κ1) is 13.6. The van der Waals surface area contributed by atoms with Crippen LogP contribution in [0.5, 0.6) is 0 Å². The van der Waals surface area contributed by atoms with Gasteiger partial charge in [0.15, 0.2) is 0 Å². The molecule has 2 nitrogen and oxygen atoms in total. The smallest absolute Gasteiger partial charge is 0.0299 e. The van der Waals surface area contributed by atoms with E-state index in [4.69, 9.17) is 0 Å². The molecule has 1 N–H and O–H groups in total. The maximum absolute atomic E-state index is 3.51. The van der Waals surface area contributed by atoms with Crippen LogP contribution in [0.3, 0.4) is 0 Å². The highest BCUT2D eigenvalue weighted by molar-refractivity contribution is 7.12. The fourth-order valence-electron chi connectivity index (χ4n) is 3.66. The van der Waals surface area contributed by atoms with Gasteiger partial charge in [-0.05, 0) is 56.7 Å².